The molecule has 146 valence electrons. The van der Waals surface area contributed by atoms with Crippen LogP contribution < -0.4 is 10.1 Å². The Bertz CT molecular complexity index is 880. The molecule has 0 saturated carbocycles. The smallest absolute Gasteiger partial charge is 0.124 e. The Balaban J connectivity index is 1.29. The Kier molecular flexibility index (Phi) is 4.71. The second kappa shape index (κ2) is 7.49. The van der Waals surface area contributed by atoms with Crippen LogP contribution in [0, 0.1) is 0 Å². The van der Waals surface area contributed by atoms with Crippen LogP contribution in [-0.4, -0.2) is 23.6 Å². The summed E-state index contributed by atoms with van der Waals surface area (Å²) in [6, 6.07) is 16.7. The SMILES string of the molecule is c1coc(CN[C@@H]2CC3(CCN(Cc4ccco4)CC3)Oc3ccccc32)c1. The Labute approximate surface area is 165 Å². The third-order valence-corrected chi connectivity index (χ3v) is 6.03. The van der Waals surface area contributed by atoms with Gasteiger partial charge in [0.1, 0.15) is 22.9 Å². The van der Waals surface area contributed by atoms with Crippen LogP contribution in [0.4, 0.5) is 0 Å². The monoisotopic (exact) mass is 378 g/mol. The molecule has 5 nitrogen and oxygen atoms in total. The van der Waals surface area contributed by atoms with Gasteiger partial charge in [-0.15, -0.1) is 0 Å². The number of rotatable bonds is 5. The summed E-state index contributed by atoms with van der Waals surface area (Å²) in [7, 11) is 0. The van der Waals surface area contributed by atoms with Crippen LogP contribution in [0.15, 0.2) is 69.9 Å². The summed E-state index contributed by atoms with van der Waals surface area (Å²) in [4.78, 5) is 2.46. The Hall–Kier alpha value is -2.50. The van der Waals surface area contributed by atoms with E-state index in [9.17, 15) is 0 Å². The molecule has 0 radical (unpaired) electrons. The summed E-state index contributed by atoms with van der Waals surface area (Å²) < 4.78 is 17.6. The summed E-state index contributed by atoms with van der Waals surface area (Å²) in [5.74, 6) is 3.01. The number of hydrogen-bond donors (Lipinski definition) is 1. The minimum Gasteiger partial charge on any atom is -0.487 e. The zero-order valence-corrected chi connectivity index (χ0v) is 16.0. The third-order valence-electron chi connectivity index (χ3n) is 6.03. The Morgan fingerprint density at radius 3 is 2.43 bits per heavy atom. The Morgan fingerprint density at radius 2 is 1.68 bits per heavy atom. The first-order valence-electron chi connectivity index (χ1n) is 10.1. The number of ether oxygens (including phenoxy) is 1. The molecule has 0 aliphatic carbocycles. The lowest BCUT2D eigenvalue weighted by atomic mass is 9.80. The van der Waals surface area contributed by atoms with Gasteiger partial charge >= 0.3 is 0 Å². The van der Waals surface area contributed by atoms with Gasteiger partial charge in [0, 0.05) is 31.1 Å². The summed E-state index contributed by atoms with van der Waals surface area (Å²) >= 11 is 0. The van der Waals surface area contributed by atoms with Gasteiger partial charge in [-0.25, -0.2) is 0 Å². The summed E-state index contributed by atoms with van der Waals surface area (Å²) in [6.45, 7) is 3.65. The molecule has 1 atom stereocenters. The molecule has 0 unspecified atom stereocenters. The van der Waals surface area contributed by atoms with Crippen molar-refractivity contribution < 1.29 is 13.6 Å². The van der Waals surface area contributed by atoms with E-state index in [1.54, 1.807) is 12.5 Å². The van der Waals surface area contributed by atoms with Crippen LogP contribution in [0.3, 0.4) is 0 Å². The molecular formula is C23H26N2O3. The second-order valence-electron chi connectivity index (χ2n) is 7.90. The molecule has 3 aromatic rings. The van der Waals surface area contributed by atoms with Crippen molar-refractivity contribution in [1.82, 2.24) is 10.2 Å². The van der Waals surface area contributed by atoms with Crippen molar-refractivity contribution in [2.24, 2.45) is 0 Å². The van der Waals surface area contributed by atoms with Gasteiger partial charge in [0.25, 0.3) is 0 Å². The van der Waals surface area contributed by atoms with E-state index in [4.69, 9.17) is 13.6 Å². The lowest BCUT2D eigenvalue weighted by molar-refractivity contribution is -0.0284. The van der Waals surface area contributed by atoms with Gasteiger partial charge in [-0.1, -0.05) is 18.2 Å². The first-order chi connectivity index (χ1) is 13.8. The van der Waals surface area contributed by atoms with Crippen molar-refractivity contribution in [2.75, 3.05) is 13.1 Å². The average molecular weight is 378 g/mol. The van der Waals surface area contributed by atoms with Gasteiger partial charge in [-0.05, 0) is 43.2 Å². The van der Waals surface area contributed by atoms with Crippen LogP contribution in [0.25, 0.3) is 0 Å². The van der Waals surface area contributed by atoms with E-state index in [1.807, 2.05) is 24.3 Å². The number of likely N-dealkylation sites (tertiary alicyclic amines) is 1. The van der Waals surface area contributed by atoms with E-state index in [0.717, 1.165) is 62.7 Å². The number of para-hydroxylation sites is 1. The van der Waals surface area contributed by atoms with Gasteiger partial charge in [0.15, 0.2) is 0 Å². The molecule has 1 spiro atoms. The Morgan fingerprint density at radius 1 is 0.929 bits per heavy atom. The summed E-state index contributed by atoms with van der Waals surface area (Å²) in [5, 5.41) is 3.70. The molecule has 2 aliphatic rings. The van der Waals surface area contributed by atoms with Gasteiger partial charge in [-0.3, -0.25) is 4.90 Å². The molecule has 1 aromatic carbocycles. The predicted octanol–water partition coefficient (Wildman–Crippen LogP) is 4.52. The fourth-order valence-corrected chi connectivity index (χ4v) is 4.49. The van der Waals surface area contributed by atoms with Gasteiger partial charge < -0.3 is 18.9 Å². The number of nitrogens with one attached hydrogen (secondary N) is 1. The van der Waals surface area contributed by atoms with Crippen LogP contribution in [0.1, 0.15) is 42.4 Å². The highest BCUT2D eigenvalue weighted by Crippen LogP contribution is 2.44. The number of piperidine rings is 1. The molecule has 1 saturated heterocycles. The zero-order valence-electron chi connectivity index (χ0n) is 16.0. The van der Waals surface area contributed by atoms with E-state index < -0.39 is 0 Å². The normalized spacial score (nSPS) is 21.4. The number of fused-ring (bicyclic) bond motifs is 1. The molecule has 1 fully saturated rings. The highest BCUT2D eigenvalue weighted by Gasteiger charge is 2.43. The lowest BCUT2D eigenvalue weighted by Gasteiger charge is -2.47. The quantitative estimate of drug-likeness (QED) is 0.707. The molecule has 2 aliphatic heterocycles. The third kappa shape index (κ3) is 3.60. The fraction of sp³-hybridized carbons (Fsp3) is 0.391. The van der Waals surface area contributed by atoms with E-state index in [2.05, 4.69) is 34.5 Å². The average Bonchev–Trinajstić information content (AvgIpc) is 3.42. The molecule has 2 aromatic heterocycles. The maximum Gasteiger partial charge on any atom is 0.124 e. The highest BCUT2D eigenvalue weighted by molar-refractivity contribution is 5.39. The number of hydrogen-bond acceptors (Lipinski definition) is 5. The number of benzene rings is 1. The van der Waals surface area contributed by atoms with Crippen LogP contribution in [0.2, 0.25) is 0 Å². The first kappa shape index (κ1) is 17.6. The molecule has 5 heteroatoms. The van der Waals surface area contributed by atoms with Gasteiger partial charge in [0.2, 0.25) is 0 Å². The first-order valence-corrected chi connectivity index (χ1v) is 10.1. The van der Waals surface area contributed by atoms with Gasteiger partial charge in [0.05, 0.1) is 25.6 Å². The maximum atomic E-state index is 6.60. The van der Waals surface area contributed by atoms with Crippen molar-refractivity contribution in [1.29, 1.82) is 0 Å². The molecule has 0 bridgehead atoms. The summed E-state index contributed by atoms with van der Waals surface area (Å²) in [6.07, 6.45) is 6.52. The number of nitrogens with zero attached hydrogens (tertiary/aromatic N) is 1. The van der Waals surface area contributed by atoms with E-state index >= 15 is 0 Å². The minimum absolute atomic E-state index is 0.102. The second-order valence-corrected chi connectivity index (χ2v) is 7.90. The molecule has 5 rings (SSSR count). The van der Waals surface area contributed by atoms with Crippen molar-refractivity contribution in [3.8, 4) is 5.75 Å². The number of furan rings is 2. The molecule has 0 amide bonds. The summed E-state index contributed by atoms with van der Waals surface area (Å²) in [5.41, 5.74) is 1.15. The van der Waals surface area contributed by atoms with Crippen molar-refractivity contribution in [2.45, 2.75) is 44.0 Å². The highest BCUT2D eigenvalue weighted by atomic mass is 16.5. The van der Waals surface area contributed by atoms with Crippen LogP contribution in [-0.2, 0) is 13.1 Å². The van der Waals surface area contributed by atoms with E-state index in [-0.39, 0.29) is 11.6 Å². The van der Waals surface area contributed by atoms with Crippen LogP contribution in [0.5, 0.6) is 5.75 Å². The fourth-order valence-electron chi connectivity index (χ4n) is 4.49. The maximum absolute atomic E-state index is 6.60. The van der Waals surface area contributed by atoms with Crippen molar-refractivity contribution in [3.63, 3.8) is 0 Å². The lowest BCUT2D eigenvalue weighted by Crippen LogP contribution is -2.51. The van der Waals surface area contributed by atoms with E-state index in [1.165, 1.54) is 5.56 Å². The molecular weight excluding hydrogens is 352 g/mol. The predicted molar refractivity (Wildman–Crippen MR) is 106 cm³/mol. The van der Waals surface area contributed by atoms with Crippen molar-refractivity contribution in [3.05, 3.63) is 78.1 Å². The molecule has 1 N–H and O–H groups in total. The largest absolute Gasteiger partial charge is 0.487 e. The van der Waals surface area contributed by atoms with Crippen LogP contribution >= 0.6 is 0 Å². The molecule has 4 heterocycles. The molecule has 28 heavy (non-hydrogen) atoms. The topological polar surface area (TPSA) is 50.8 Å². The van der Waals surface area contributed by atoms with Gasteiger partial charge in [-0.2, -0.15) is 0 Å². The zero-order chi connectivity index (χ0) is 18.8. The van der Waals surface area contributed by atoms with E-state index in [0.29, 0.717) is 0 Å². The van der Waals surface area contributed by atoms with Crippen molar-refractivity contribution >= 4 is 0 Å². The standard InChI is InChI=1S/C23H26N2O3/c1-2-8-22-20(7-1)21(24-16-18-5-3-13-26-18)15-23(28-22)9-11-25(12-10-23)17-19-6-4-14-27-19/h1-8,13-14,21,24H,9-12,15-17H2/t21-/m1/s1. The minimum atomic E-state index is -0.102.